The van der Waals surface area contributed by atoms with Gasteiger partial charge < -0.3 is 23.7 Å². The fourth-order valence-electron chi connectivity index (χ4n) is 2.07. The van der Waals surface area contributed by atoms with Crippen molar-refractivity contribution in [1.29, 1.82) is 0 Å². The monoisotopic (exact) mass is 640 g/mol. The zero-order valence-corrected chi connectivity index (χ0v) is 30.4. The minimum atomic E-state index is -0.288. The van der Waals surface area contributed by atoms with Crippen LogP contribution in [-0.4, -0.2) is 65.4 Å². The SMILES string of the molecule is CCC(C)=CC(=O)OC.CCC(C)=CC(=O)OC.CCC=CC(=O)OC.COC(=O)C(C)=CC(C)C.COC(=O)C=CC(C)C. The molecule has 0 aliphatic rings. The number of hydrogen-bond acceptors (Lipinski definition) is 10. The fraction of sp³-hybridized carbons (Fsp3) is 0.571. The lowest BCUT2D eigenvalue weighted by molar-refractivity contribution is -0.136. The summed E-state index contributed by atoms with van der Waals surface area (Å²) >= 11 is 0. The van der Waals surface area contributed by atoms with Crippen LogP contribution >= 0.6 is 0 Å². The highest BCUT2D eigenvalue weighted by atomic mass is 16.5. The van der Waals surface area contributed by atoms with Crippen LogP contribution in [0.2, 0.25) is 0 Å². The quantitative estimate of drug-likeness (QED) is 0.136. The standard InChI is InChI=1S/C8H14O2.3C7H12O2.C6H10O2/c1-6(2)5-7(3)8(9)10-4;1-6(2)4-5-7(8)9-3;2*1-4-6(2)5-7(8)9-3;1-3-4-5-6(7)8-2/h5-6H,1-4H3;4-6H,1-3H3;2*5H,4H2,1-3H3;4-5H,3H2,1-2H3. The second-order valence-electron chi connectivity index (χ2n) is 9.78. The van der Waals surface area contributed by atoms with Crippen molar-refractivity contribution < 1.29 is 47.7 Å². The van der Waals surface area contributed by atoms with Gasteiger partial charge >= 0.3 is 29.8 Å². The van der Waals surface area contributed by atoms with Gasteiger partial charge in [-0.3, -0.25) is 0 Å². The lowest BCUT2D eigenvalue weighted by Gasteiger charge is -1.99. The van der Waals surface area contributed by atoms with Crippen LogP contribution in [0.25, 0.3) is 0 Å². The smallest absolute Gasteiger partial charge is 0.333 e. The molecule has 10 nitrogen and oxygen atoms in total. The van der Waals surface area contributed by atoms with Crippen LogP contribution in [0, 0.1) is 11.8 Å². The molecule has 10 heteroatoms. The highest BCUT2D eigenvalue weighted by Crippen LogP contribution is 2.02. The van der Waals surface area contributed by atoms with Crippen LogP contribution in [0.5, 0.6) is 0 Å². The van der Waals surface area contributed by atoms with Crippen molar-refractivity contribution in [2.45, 2.75) is 88.5 Å². The molecule has 0 spiro atoms. The maximum absolute atomic E-state index is 10.8. The van der Waals surface area contributed by atoms with Gasteiger partial charge in [0.15, 0.2) is 0 Å². The summed E-state index contributed by atoms with van der Waals surface area (Å²) in [4.78, 5) is 52.4. The zero-order valence-electron chi connectivity index (χ0n) is 30.4. The van der Waals surface area contributed by atoms with Gasteiger partial charge in [-0.25, -0.2) is 24.0 Å². The Bertz CT molecular complexity index is 933. The molecular weight excluding hydrogens is 580 g/mol. The molecule has 0 rings (SSSR count). The Morgan fingerprint density at radius 1 is 0.556 bits per heavy atom. The molecule has 45 heavy (non-hydrogen) atoms. The number of allylic oxidation sites excluding steroid dienone is 5. The second-order valence-corrected chi connectivity index (χ2v) is 9.78. The highest BCUT2D eigenvalue weighted by molar-refractivity contribution is 5.87. The maximum atomic E-state index is 10.8. The Kier molecular flexibility index (Phi) is 40.8. The lowest BCUT2D eigenvalue weighted by Crippen LogP contribution is -2.02. The Balaban J connectivity index is -0.000000148. The Morgan fingerprint density at radius 2 is 0.933 bits per heavy atom. The number of carbonyl (C=O) groups excluding carboxylic acids is 5. The molecule has 0 fully saturated rings. The molecule has 0 heterocycles. The van der Waals surface area contributed by atoms with Gasteiger partial charge in [0, 0.05) is 29.9 Å². The van der Waals surface area contributed by atoms with Crippen molar-refractivity contribution in [3.05, 3.63) is 59.3 Å². The molecule has 0 aromatic heterocycles. The molecule has 0 unspecified atom stereocenters. The third-order valence-corrected chi connectivity index (χ3v) is 4.85. The highest BCUT2D eigenvalue weighted by Gasteiger charge is 2.02. The van der Waals surface area contributed by atoms with Crippen molar-refractivity contribution in [3.8, 4) is 0 Å². The number of methoxy groups -OCH3 is 5. The summed E-state index contributed by atoms with van der Waals surface area (Å²) in [6.45, 7) is 19.5. The van der Waals surface area contributed by atoms with Crippen LogP contribution in [0.4, 0.5) is 0 Å². The third kappa shape index (κ3) is 47.2. The van der Waals surface area contributed by atoms with E-state index >= 15 is 0 Å². The summed E-state index contributed by atoms with van der Waals surface area (Å²) in [7, 11) is 6.87. The van der Waals surface area contributed by atoms with Crippen LogP contribution in [0.3, 0.4) is 0 Å². The average Bonchev–Trinajstić information content (AvgIpc) is 3.02. The number of rotatable bonds is 10. The van der Waals surface area contributed by atoms with Gasteiger partial charge in [-0.1, -0.05) is 77.8 Å². The summed E-state index contributed by atoms with van der Waals surface area (Å²) in [6.07, 6.45) is 14.0. The Morgan fingerprint density at radius 3 is 1.20 bits per heavy atom. The van der Waals surface area contributed by atoms with E-state index in [0.717, 1.165) is 30.4 Å². The molecule has 260 valence electrons. The van der Waals surface area contributed by atoms with Crippen molar-refractivity contribution in [2.75, 3.05) is 35.5 Å². The van der Waals surface area contributed by atoms with Gasteiger partial charge in [0.05, 0.1) is 35.5 Å². The minimum absolute atomic E-state index is 0.242. The molecule has 0 aromatic rings. The van der Waals surface area contributed by atoms with E-state index in [1.54, 1.807) is 19.1 Å². The van der Waals surface area contributed by atoms with Crippen LogP contribution in [0.15, 0.2) is 59.3 Å². The van der Waals surface area contributed by atoms with Crippen molar-refractivity contribution in [2.24, 2.45) is 11.8 Å². The number of carbonyl (C=O) groups is 5. The van der Waals surface area contributed by atoms with Crippen LogP contribution in [-0.2, 0) is 47.7 Å². The average molecular weight is 641 g/mol. The number of esters is 5. The molecule has 0 bridgehead atoms. The first-order valence-corrected chi connectivity index (χ1v) is 14.7. The van der Waals surface area contributed by atoms with Gasteiger partial charge in [-0.15, -0.1) is 0 Å². The summed E-state index contributed by atoms with van der Waals surface area (Å²) in [6, 6.07) is 0. The molecule has 0 aliphatic carbocycles. The predicted molar refractivity (Wildman–Crippen MR) is 180 cm³/mol. The normalized spacial score (nSPS) is 11.0. The molecule has 0 aromatic carbocycles. The van der Waals surface area contributed by atoms with Crippen LogP contribution < -0.4 is 0 Å². The van der Waals surface area contributed by atoms with Gasteiger partial charge in [0.2, 0.25) is 0 Å². The van der Waals surface area contributed by atoms with E-state index in [4.69, 9.17) is 0 Å². The lowest BCUT2D eigenvalue weighted by atomic mass is 10.1. The fourth-order valence-corrected chi connectivity index (χ4v) is 2.07. The van der Waals surface area contributed by atoms with E-state index in [1.165, 1.54) is 59.9 Å². The largest absolute Gasteiger partial charge is 0.466 e. The first-order chi connectivity index (χ1) is 21.0. The molecule has 0 N–H and O–H groups in total. The van der Waals surface area contributed by atoms with E-state index < -0.39 is 0 Å². The summed E-state index contributed by atoms with van der Waals surface area (Å²) < 4.78 is 22.0. The number of hydrogen-bond donors (Lipinski definition) is 0. The molecule has 0 aliphatic heterocycles. The molecule has 0 saturated heterocycles. The zero-order chi connectivity index (χ0) is 36.4. The molecule has 0 atom stereocenters. The molecule has 0 saturated carbocycles. The number of ether oxygens (including phenoxy) is 5. The predicted octanol–water partition coefficient (Wildman–Crippen LogP) is 7.29. The summed E-state index contributed by atoms with van der Waals surface area (Å²) in [5, 5.41) is 0. The van der Waals surface area contributed by atoms with Crippen molar-refractivity contribution >= 4 is 29.8 Å². The molecule has 0 radical (unpaired) electrons. The molecular formula is C35H60O10. The van der Waals surface area contributed by atoms with Gasteiger partial charge in [0.25, 0.3) is 0 Å². The second kappa shape index (κ2) is 36.2. The van der Waals surface area contributed by atoms with E-state index in [-0.39, 0.29) is 29.8 Å². The summed E-state index contributed by atoms with van der Waals surface area (Å²) in [5.41, 5.74) is 2.77. The minimum Gasteiger partial charge on any atom is -0.466 e. The maximum Gasteiger partial charge on any atom is 0.333 e. The van der Waals surface area contributed by atoms with Crippen LogP contribution in [0.1, 0.15) is 88.5 Å². The third-order valence-electron chi connectivity index (χ3n) is 4.85. The van der Waals surface area contributed by atoms with E-state index in [2.05, 4.69) is 23.7 Å². The molecule has 0 amide bonds. The Hall–Kier alpha value is -3.95. The Labute approximate surface area is 272 Å². The van der Waals surface area contributed by atoms with Gasteiger partial charge in [-0.2, -0.15) is 0 Å². The first kappa shape index (κ1) is 50.7. The summed E-state index contributed by atoms with van der Waals surface area (Å²) in [5.74, 6) is -0.545. The van der Waals surface area contributed by atoms with Crippen molar-refractivity contribution in [1.82, 2.24) is 0 Å². The van der Waals surface area contributed by atoms with E-state index in [9.17, 15) is 24.0 Å². The van der Waals surface area contributed by atoms with E-state index in [0.29, 0.717) is 17.4 Å². The van der Waals surface area contributed by atoms with Gasteiger partial charge in [0.1, 0.15) is 0 Å². The van der Waals surface area contributed by atoms with E-state index in [1.807, 2.05) is 68.4 Å². The topological polar surface area (TPSA) is 132 Å². The van der Waals surface area contributed by atoms with Crippen molar-refractivity contribution in [3.63, 3.8) is 0 Å². The van der Waals surface area contributed by atoms with Gasteiger partial charge in [-0.05, 0) is 51.9 Å². The first-order valence-electron chi connectivity index (χ1n) is 14.7.